The van der Waals surface area contributed by atoms with Gasteiger partial charge in [-0.25, -0.2) is 0 Å². The Hall–Kier alpha value is -0.0800. The van der Waals surface area contributed by atoms with Crippen LogP contribution in [0.2, 0.25) is 0 Å². The van der Waals surface area contributed by atoms with Gasteiger partial charge in [-0.3, -0.25) is 0 Å². The molecule has 190 valence electrons. The van der Waals surface area contributed by atoms with E-state index < -0.39 is 0 Å². The number of unbranched alkanes of at least 4 members (excludes halogenated alkanes) is 9. The summed E-state index contributed by atoms with van der Waals surface area (Å²) in [7, 11) is 0. The molecule has 2 nitrogen and oxygen atoms in total. The number of nitrogens with zero attached hydrogens (tertiary/aromatic N) is 1. The summed E-state index contributed by atoms with van der Waals surface area (Å²) in [5.74, 6) is 0. The molecule has 0 aromatic carbocycles. The monoisotopic (exact) mass is 441 g/mol. The van der Waals surface area contributed by atoms with Crippen LogP contribution in [-0.4, -0.2) is 29.6 Å². The molecule has 0 saturated heterocycles. The average molecular weight is 441 g/mol. The molecule has 2 heteroatoms. The van der Waals surface area contributed by atoms with Crippen LogP contribution in [0.5, 0.6) is 0 Å². The lowest BCUT2D eigenvalue weighted by molar-refractivity contribution is 0.196. The first-order valence-corrected chi connectivity index (χ1v) is 14.5. The van der Waals surface area contributed by atoms with Crippen LogP contribution in [0.1, 0.15) is 164 Å². The summed E-state index contributed by atoms with van der Waals surface area (Å²) >= 11 is 0. The van der Waals surface area contributed by atoms with Crippen molar-refractivity contribution in [1.29, 1.82) is 0 Å². The molecule has 0 heterocycles. The predicted octanol–water partition coefficient (Wildman–Crippen LogP) is 9.50. The Bertz CT molecular complexity index is 307. The highest BCUT2D eigenvalue weighted by atomic mass is 15.1. The standard InChI is InChI=1S/C16H35N.C13H29N/c1-5-8-10-11-12-13-15-17(14-9-6-2)16(4)7-3;1-4-7-10-13(14,11-8-5-2)12-9-6-3/h16H,5-15H2,1-4H3;4-12,14H2,1-3H3. The fraction of sp³-hybridized carbons (Fsp3) is 1.00. The third kappa shape index (κ3) is 21.5. The Morgan fingerprint density at radius 3 is 1.35 bits per heavy atom. The highest BCUT2D eigenvalue weighted by molar-refractivity contribution is 4.83. The molecule has 0 amide bonds. The van der Waals surface area contributed by atoms with Crippen LogP contribution in [0.25, 0.3) is 0 Å². The molecule has 0 aromatic rings. The zero-order valence-electron chi connectivity index (χ0n) is 23.2. The van der Waals surface area contributed by atoms with Crippen molar-refractivity contribution in [3.05, 3.63) is 0 Å². The summed E-state index contributed by atoms with van der Waals surface area (Å²) in [4.78, 5) is 2.70. The van der Waals surface area contributed by atoms with Gasteiger partial charge in [-0.1, -0.05) is 119 Å². The van der Waals surface area contributed by atoms with Gasteiger partial charge in [0.25, 0.3) is 0 Å². The van der Waals surface area contributed by atoms with E-state index in [2.05, 4.69) is 53.4 Å². The van der Waals surface area contributed by atoms with Crippen LogP contribution in [-0.2, 0) is 0 Å². The lowest BCUT2D eigenvalue weighted by Crippen LogP contribution is -2.39. The van der Waals surface area contributed by atoms with Crippen molar-refractivity contribution in [2.45, 2.75) is 176 Å². The van der Waals surface area contributed by atoms with Crippen molar-refractivity contribution in [2.75, 3.05) is 13.1 Å². The van der Waals surface area contributed by atoms with Gasteiger partial charge >= 0.3 is 0 Å². The van der Waals surface area contributed by atoms with E-state index in [1.165, 1.54) is 129 Å². The molecule has 31 heavy (non-hydrogen) atoms. The first-order chi connectivity index (χ1) is 14.9. The van der Waals surface area contributed by atoms with Crippen molar-refractivity contribution < 1.29 is 0 Å². The summed E-state index contributed by atoms with van der Waals surface area (Å²) in [5, 5.41) is 0. The van der Waals surface area contributed by atoms with Gasteiger partial charge in [0, 0.05) is 11.6 Å². The fourth-order valence-corrected chi connectivity index (χ4v) is 4.23. The number of nitrogens with two attached hydrogens (primary N) is 1. The zero-order valence-corrected chi connectivity index (χ0v) is 23.2. The van der Waals surface area contributed by atoms with Crippen LogP contribution in [0, 0.1) is 0 Å². The van der Waals surface area contributed by atoms with Crippen molar-refractivity contribution >= 4 is 0 Å². The number of hydrogen-bond acceptors (Lipinski definition) is 2. The second kappa shape index (κ2) is 24.6. The summed E-state index contributed by atoms with van der Waals surface area (Å²) in [5.41, 5.74) is 6.61. The molecule has 2 N–H and O–H groups in total. The Labute approximate surface area is 199 Å². The summed E-state index contributed by atoms with van der Waals surface area (Å²) < 4.78 is 0. The molecule has 1 unspecified atom stereocenters. The molecular weight excluding hydrogens is 376 g/mol. The first kappa shape index (κ1) is 33.1. The molecule has 0 radical (unpaired) electrons. The minimum absolute atomic E-state index is 0.155. The third-order valence-electron chi connectivity index (χ3n) is 6.90. The molecular formula is C29H64N2. The quantitative estimate of drug-likeness (QED) is 0.180. The maximum absolute atomic E-state index is 6.46. The van der Waals surface area contributed by atoms with Crippen LogP contribution >= 0.6 is 0 Å². The van der Waals surface area contributed by atoms with E-state index in [0.29, 0.717) is 0 Å². The lowest BCUT2D eigenvalue weighted by Gasteiger charge is -2.29. The summed E-state index contributed by atoms with van der Waals surface area (Å²) in [6, 6.07) is 0.775. The Kier molecular flexibility index (Phi) is 26.2. The van der Waals surface area contributed by atoms with Gasteiger partial charge in [-0.15, -0.1) is 0 Å². The molecule has 1 atom stereocenters. The van der Waals surface area contributed by atoms with Crippen LogP contribution in [0.4, 0.5) is 0 Å². The molecule has 0 aromatic heterocycles. The van der Waals surface area contributed by atoms with E-state index in [4.69, 9.17) is 5.73 Å². The Morgan fingerprint density at radius 1 is 0.548 bits per heavy atom. The molecule has 0 fully saturated rings. The summed E-state index contributed by atoms with van der Waals surface area (Å²) in [6.45, 7) is 18.6. The third-order valence-corrected chi connectivity index (χ3v) is 6.90. The summed E-state index contributed by atoms with van der Waals surface area (Å²) in [6.07, 6.45) is 23.9. The number of hydrogen-bond donors (Lipinski definition) is 1. The molecule has 0 aliphatic rings. The van der Waals surface area contributed by atoms with E-state index in [1.807, 2.05) is 0 Å². The van der Waals surface area contributed by atoms with Crippen molar-refractivity contribution in [3.8, 4) is 0 Å². The second-order valence-electron chi connectivity index (χ2n) is 10.1. The van der Waals surface area contributed by atoms with E-state index in [1.54, 1.807) is 0 Å². The smallest absolute Gasteiger partial charge is 0.0154 e. The predicted molar refractivity (Wildman–Crippen MR) is 145 cm³/mol. The van der Waals surface area contributed by atoms with Crippen molar-refractivity contribution in [1.82, 2.24) is 4.90 Å². The van der Waals surface area contributed by atoms with Crippen molar-refractivity contribution in [3.63, 3.8) is 0 Å². The van der Waals surface area contributed by atoms with Gasteiger partial charge in [0.15, 0.2) is 0 Å². The lowest BCUT2D eigenvalue weighted by atomic mass is 9.84. The highest BCUT2D eigenvalue weighted by Crippen LogP contribution is 2.24. The van der Waals surface area contributed by atoms with E-state index in [9.17, 15) is 0 Å². The van der Waals surface area contributed by atoms with E-state index in [0.717, 1.165) is 6.04 Å². The number of rotatable bonds is 21. The van der Waals surface area contributed by atoms with Gasteiger partial charge in [0.05, 0.1) is 0 Å². The van der Waals surface area contributed by atoms with Gasteiger partial charge in [0.2, 0.25) is 0 Å². The van der Waals surface area contributed by atoms with E-state index >= 15 is 0 Å². The van der Waals surface area contributed by atoms with Crippen molar-refractivity contribution in [2.24, 2.45) is 5.73 Å². The van der Waals surface area contributed by atoms with Gasteiger partial charge in [-0.2, -0.15) is 0 Å². The minimum Gasteiger partial charge on any atom is -0.325 e. The zero-order chi connectivity index (χ0) is 23.8. The van der Waals surface area contributed by atoms with E-state index in [-0.39, 0.29) is 5.54 Å². The minimum atomic E-state index is 0.155. The Morgan fingerprint density at radius 2 is 0.935 bits per heavy atom. The molecule has 0 bridgehead atoms. The van der Waals surface area contributed by atoms with Crippen LogP contribution in [0.3, 0.4) is 0 Å². The molecule has 0 spiro atoms. The maximum atomic E-state index is 6.46. The maximum Gasteiger partial charge on any atom is 0.0154 e. The SMILES string of the molecule is CCCCC(N)(CCCC)CCCC.CCCCCCCCN(CCCC)C(C)CC. The largest absolute Gasteiger partial charge is 0.325 e. The van der Waals surface area contributed by atoms with Crippen LogP contribution < -0.4 is 5.73 Å². The van der Waals surface area contributed by atoms with Gasteiger partial charge in [-0.05, 0) is 58.5 Å². The second-order valence-corrected chi connectivity index (χ2v) is 10.1. The molecule has 0 rings (SSSR count). The topological polar surface area (TPSA) is 29.3 Å². The molecule has 0 aliphatic carbocycles. The highest BCUT2D eigenvalue weighted by Gasteiger charge is 2.22. The average Bonchev–Trinajstić information content (AvgIpc) is 2.79. The first-order valence-electron chi connectivity index (χ1n) is 14.5. The Balaban J connectivity index is 0. The van der Waals surface area contributed by atoms with Gasteiger partial charge < -0.3 is 10.6 Å². The molecule has 0 aliphatic heterocycles. The van der Waals surface area contributed by atoms with Gasteiger partial charge in [0.1, 0.15) is 0 Å². The van der Waals surface area contributed by atoms with Crippen LogP contribution in [0.15, 0.2) is 0 Å². The fourth-order valence-electron chi connectivity index (χ4n) is 4.23. The normalized spacial score (nSPS) is 12.7. The molecule has 0 saturated carbocycles.